The molecule has 1 aromatic rings. The number of ether oxygens (including phenoxy) is 2. The Morgan fingerprint density at radius 3 is 2.78 bits per heavy atom. The molecule has 1 saturated heterocycles. The van der Waals surface area contributed by atoms with E-state index in [1.165, 1.54) is 12.2 Å². The van der Waals surface area contributed by atoms with E-state index in [-0.39, 0.29) is 19.8 Å². The largest absolute Gasteiger partial charge is 0.454 e. The number of hydrogen-bond donors (Lipinski definition) is 0. The number of carbonyl (C=O) groups excluding carboxylic acids is 1. The predicted molar refractivity (Wildman–Crippen MR) is 77.0 cm³/mol. The van der Waals surface area contributed by atoms with E-state index in [9.17, 15) is 18.0 Å². The molecule has 1 amide bonds. The average Bonchev–Trinajstić information content (AvgIpc) is 2.99. The van der Waals surface area contributed by atoms with E-state index in [1.54, 1.807) is 18.2 Å². The van der Waals surface area contributed by atoms with Crippen molar-refractivity contribution in [3.63, 3.8) is 0 Å². The number of alkyl halides is 3. The van der Waals surface area contributed by atoms with E-state index in [2.05, 4.69) is 0 Å². The molecule has 1 fully saturated rings. The minimum Gasteiger partial charge on any atom is -0.454 e. The zero-order valence-corrected chi connectivity index (χ0v) is 12.3. The zero-order valence-electron chi connectivity index (χ0n) is 12.3. The average molecular weight is 327 g/mol. The second-order valence-electron chi connectivity index (χ2n) is 5.53. The molecule has 7 heteroatoms. The van der Waals surface area contributed by atoms with Gasteiger partial charge < -0.3 is 14.4 Å². The molecule has 0 N–H and O–H groups in total. The third-order valence-corrected chi connectivity index (χ3v) is 3.98. The van der Waals surface area contributed by atoms with Crippen LogP contribution in [-0.4, -0.2) is 36.4 Å². The van der Waals surface area contributed by atoms with Gasteiger partial charge in [0.15, 0.2) is 11.5 Å². The maximum atomic E-state index is 13.0. The molecule has 0 radical (unpaired) electrons. The van der Waals surface area contributed by atoms with Gasteiger partial charge in [-0.15, -0.1) is 0 Å². The molecule has 4 nitrogen and oxygen atoms in total. The summed E-state index contributed by atoms with van der Waals surface area (Å²) in [6, 6.07) is 3.41. The number of hydrogen-bond acceptors (Lipinski definition) is 3. The summed E-state index contributed by atoms with van der Waals surface area (Å²) in [5, 5.41) is 0. The van der Waals surface area contributed by atoms with Crippen LogP contribution in [0.3, 0.4) is 0 Å². The van der Waals surface area contributed by atoms with Gasteiger partial charge in [0.25, 0.3) is 0 Å². The van der Waals surface area contributed by atoms with Crippen molar-refractivity contribution >= 4 is 12.0 Å². The van der Waals surface area contributed by atoms with Gasteiger partial charge in [0.2, 0.25) is 12.7 Å². The van der Waals surface area contributed by atoms with Crippen molar-refractivity contribution in [1.29, 1.82) is 0 Å². The summed E-state index contributed by atoms with van der Waals surface area (Å²) in [5.41, 5.74) is 0.670. The van der Waals surface area contributed by atoms with Crippen molar-refractivity contribution in [2.45, 2.75) is 31.5 Å². The van der Waals surface area contributed by atoms with Crippen LogP contribution in [0.15, 0.2) is 24.3 Å². The van der Waals surface area contributed by atoms with Crippen LogP contribution >= 0.6 is 0 Å². The van der Waals surface area contributed by atoms with Gasteiger partial charge in [0, 0.05) is 12.6 Å². The fraction of sp³-hybridized carbons (Fsp3) is 0.438. The lowest BCUT2D eigenvalue weighted by atomic mass is 10.0. The molecule has 0 bridgehead atoms. The number of fused-ring (bicyclic) bond motifs is 1. The number of likely N-dealkylation sites (tertiary alicyclic amines) is 1. The fourth-order valence-electron chi connectivity index (χ4n) is 2.82. The summed E-state index contributed by atoms with van der Waals surface area (Å²) in [5.74, 6) is 0.553. The molecule has 2 aliphatic rings. The Morgan fingerprint density at radius 2 is 2.00 bits per heavy atom. The SMILES string of the molecule is O=C(C=Cc1ccc2c(c1)OCO2)N1CCCCC1C(F)(F)F. The Hall–Kier alpha value is -2.18. The second kappa shape index (κ2) is 6.14. The number of nitrogens with zero attached hydrogens (tertiary/aromatic N) is 1. The van der Waals surface area contributed by atoms with Gasteiger partial charge in [0.1, 0.15) is 6.04 Å². The summed E-state index contributed by atoms with van der Waals surface area (Å²) >= 11 is 0. The van der Waals surface area contributed by atoms with Gasteiger partial charge in [-0.3, -0.25) is 4.79 Å². The monoisotopic (exact) mass is 327 g/mol. The van der Waals surface area contributed by atoms with Crippen LogP contribution in [0.1, 0.15) is 24.8 Å². The van der Waals surface area contributed by atoms with E-state index in [1.807, 2.05) is 0 Å². The summed E-state index contributed by atoms with van der Waals surface area (Å²) in [7, 11) is 0. The molecule has 1 atom stereocenters. The predicted octanol–water partition coefficient (Wildman–Crippen LogP) is 3.37. The third kappa shape index (κ3) is 3.43. The Kier molecular flexibility index (Phi) is 4.19. The lowest BCUT2D eigenvalue weighted by molar-refractivity contribution is -0.193. The molecular weight excluding hydrogens is 311 g/mol. The summed E-state index contributed by atoms with van der Waals surface area (Å²) in [6.07, 6.45) is -0.667. The van der Waals surface area contributed by atoms with E-state index in [4.69, 9.17) is 9.47 Å². The maximum Gasteiger partial charge on any atom is 0.408 e. The highest BCUT2D eigenvalue weighted by Gasteiger charge is 2.45. The summed E-state index contributed by atoms with van der Waals surface area (Å²) < 4.78 is 49.5. The highest BCUT2D eigenvalue weighted by Crippen LogP contribution is 2.34. The number of piperidine rings is 1. The molecule has 1 unspecified atom stereocenters. The number of rotatable bonds is 2. The normalized spacial score (nSPS) is 21.0. The Bertz CT molecular complexity index is 627. The number of benzene rings is 1. The molecule has 124 valence electrons. The first kappa shape index (κ1) is 15.7. The molecule has 23 heavy (non-hydrogen) atoms. The minimum atomic E-state index is -4.39. The highest BCUT2D eigenvalue weighted by molar-refractivity contribution is 5.92. The highest BCUT2D eigenvalue weighted by atomic mass is 19.4. The van der Waals surface area contributed by atoms with Crippen LogP contribution in [0.4, 0.5) is 13.2 Å². The number of carbonyl (C=O) groups is 1. The van der Waals surface area contributed by atoms with Crippen molar-refractivity contribution in [3.8, 4) is 11.5 Å². The molecule has 0 aromatic heterocycles. The van der Waals surface area contributed by atoms with E-state index in [0.29, 0.717) is 29.9 Å². The first-order chi connectivity index (χ1) is 10.9. The smallest absolute Gasteiger partial charge is 0.408 e. The van der Waals surface area contributed by atoms with Crippen LogP contribution in [0, 0.1) is 0 Å². The standard InChI is InChI=1S/C16H16F3NO3/c17-16(18,19)14-3-1-2-8-20(14)15(21)7-5-11-4-6-12-13(9-11)23-10-22-12/h4-7,9,14H,1-3,8,10H2. The van der Waals surface area contributed by atoms with Crippen LogP contribution in [0.2, 0.25) is 0 Å². The number of amides is 1. The van der Waals surface area contributed by atoms with E-state index < -0.39 is 18.1 Å². The van der Waals surface area contributed by atoms with Gasteiger partial charge in [-0.1, -0.05) is 6.07 Å². The van der Waals surface area contributed by atoms with E-state index in [0.717, 1.165) is 4.90 Å². The third-order valence-electron chi connectivity index (χ3n) is 3.98. The molecule has 3 rings (SSSR count). The van der Waals surface area contributed by atoms with Crippen molar-refractivity contribution < 1.29 is 27.4 Å². The zero-order chi connectivity index (χ0) is 16.4. The minimum absolute atomic E-state index is 0.0346. The first-order valence-corrected chi connectivity index (χ1v) is 7.40. The molecule has 0 spiro atoms. The van der Waals surface area contributed by atoms with Crippen molar-refractivity contribution in [3.05, 3.63) is 29.8 Å². The molecule has 1 aromatic carbocycles. The van der Waals surface area contributed by atoms with Crippen LogP contribution in [-0.2, 0) is 4.79 Å². The Labute approximate surface area is 131 Å². The molecule has 0 aliphatic carbocycles. The maximum absolute atomic E-state index is 13.0. The quantitative estimate of drug-likeness (QED) is 0.782. The summed E-state index contributed by atoms with van der Waals surface area (Å²) in [4.78, 5) is 13.1. The molecular formula is C16H16F3NO3. The van der Waals surface area contributed by atoms with Crippen LogP contribution in [0.5, 0.6) is 11.5 Å². The number of halogens is 3. The van der Waals surface area contributed by atoms with Gasteiger partial charge in [-0.2, -0.15) is 13.2 Å². The lowest BCUT2D eigenvalue weighted by Gasteiger charge is -2.36. The molecule has 2 aliphatic heterocycles. The van der Waals surface area contributed by atoms with Gasteiger partial charge in [-0.25, -0.2) is 0 Å². The van der Waals surface area contributed by atoms with Gasteiger partial charge >= 0.3 is 6.18 Å². The Morgan fingerprint density at radius 1 is 1.22 bits per heavy atom. The van der Waals surface area contributed by atoms with Crippen LogP contribution < -0.4 is 9.47 Å². The molecule has 2 heterocycles. The topological polar surface area (TPSA) is 38.8 Å². The van der Waals surface area contributed by atoms with Gasteiger partial charge in [-0.05, 0) is 43.0 Å². The lowest BCUT2D eigenvalue weighted by Crippen LogP contribution is -2.50. The first-order valence-electron chi connectivity index (χ1n) is 7.40. The van der Waals surface area contributed by atoms with Crippen molar-refractivity contribution in [1.82, 2.24) is 4.90 Å². The Balaban J connectivity index is 1.72. The van der Waals surface area contributed by atoms with Gasteiger partial charge in [0.05, 0.1) is 0 Å². The van der Waals surface area contributed by atoms with Crippen molar-refractivity contribution in [2.24, 2.45) is 0 Å². The van der Waals surface area contributed by atoms with Crippen LogP contribution in [0.25, 0.3) is 6.08 Å². The van der Waals surface area contributed by atoms with E-state index >= 15 is 0 Å². The fourth-order valence-corrected chi connectivity index (χ4v) is 2.82. The summed E-state index contributed by atoms with van der Waals surface area (Å²) in [6.45, 7) is 0.275. The van der Waals surface area contributed by atoms with Crippen molar-refractivity contribution in [2.75, 3.05) is 13.3 Å². The second-order valence-corrected chi connectivity index (χ2v) is 5.53. The molecule has 0 saturated carbocycles.